The molecule has 0 radical (unpaired) electrons. The first-order chi connectivity index (χ1) is 15.4. The van der Waals surface area contributed by atoms with E-state index in [1.165, 1.54) is 37.5 Å². The van der Waals surface area contributed by atoms with Crippen molar-refractivity contribution in [3.63, 3.8) is 0 Å². The largest absolute Gasteiger partial charge is 0.467 e. The second kappa shape index (κ2) is 9.20. The Morgan fingerprint density at radius 1 is 1.41 bits per heavy atom. The average Bonchev–Trinajstić information content (AvgIpc) is 3.41. The van der Waals surface area contributed by atoms with Crippen LogP contribution in [0.25, 0.3) is 0 Å². The number of anilines is 2. The molecule has 1 atom stereocenters. The maximum absolute atomic E-state index is 13.7. The molecule has 1 aliphatic carbocycles. The molecule has 170 valence electrons. The van der Waals surface area contributed by atoms with Gasteiger partial charge < -0.3 is 10.2 Å². The summed E-state index contributed by atoms with van der Waals surface area (Å²) < 4.78 is 6.78. The monoisotopic (exact) mass is 456 g/mol. The standard InChI is InChI=1S/C23H28N4O4S/c1-3-4-9-26-20(24)19(21(28)25-23(26)30)27(13-16-6-5-10-31-16)22(29)18-12-15-11-14(2)7-8-17(15)32-18/h5-6,10,12,14H,3-4,7-9,11,13,24H2,1-2H3,(H,25,28,30). The van der Waals surface area contributed by atoms with E-state index in [2.05, 4.69) is 11.9 Å². The quantitative estimate of drug-likeness (QED) is 0.564. The van der Waals surface area contributed by atoms with Crippen LogP contribution in [0, 0.1) is 5.92 Å². The highest BCUT2D eigenvalue weighted by molar-refractivity contribution is 7.14. The number of hydrogen-bond donors (Lipinski definition) is 2. The molecule has 1 amide bonds. The highest BCUT2D eigenvalue weighted by Crippen LogP contribution is 2.34. The fourth-order valence-corrected chi connectivity index (χ4v) is 5.29. The van der Waals surface area contributed by atoms with Crippen LogP contribution in [-0.2, 0) is 25.9 Å². The van der Waals surface area contributed by atoms with Crippen molar-refractivity contribution < 1.29 is 9.21 Å². The van der Waals surface area contributed by atoms with Crippen molar-refractivity contribution in [2.45, 2.75) is 59.0 Å². The highest BCUT2D eigenvalue weighted by atomic mass is 32.1. The van der Waals surface area contributed by atoms with Gasteiger partial charge in [-0.25, -0.2) is 4.79 Å². The predicted octanol–water partition coefficient (Wildman–Crippen LogP) is 3.55. The third-order valence-electron chi connectivity index (χ3n) is 5.90. The van der Waals surface area contributed by atoms with E-state index in [9.17, 15) is 14.4 Å². The van der Waals surface area contributed by atoms with Crippen LogP contribution in [0.4, 0.5) is 11.5 Å². The van der Waals surface area contributed by atoms with Gasteiger partial charge in [0.25, 0.3) is 11.5 Å². The maximum atomic E-state index is 13.7. The first-order valence-corrected chi connectivity index (χ1v) is 11.8. The number of nitrogens with one attached hydrogen (secondary N) is 1. The number of thiophene rings is 1. The first-order valence-electron chi connectivity index (χ1n) is 11.0. The molecule has 1 aliphatic rings. The summed E-state index contributed by atoms with van der Waals surface area (Å²) in [6, 6.07) is 5.39. The number of amides is 1. The van der Waals surface area contributed by atoms with Crippen LogP contribution in [0.2, 0.25) is 0 Å². The Balaban J connectivity index is 1.79. The molecule has 0 fully saturated rings. The topological polar surface area (TPSA) is 114 Å². The normalized spacial score (nSPS) is 15.5. The van der Waals surface area contributed by atoms with E-state index in [0.29, 0.717) is 23.1 Å². The number of aryl methyl sites for hydroxylation is 1. The molecule has 4 rings (SSSR count). The Morgan fingerprint density at radius 2 is 2.22 bits per heavy atom. The minimum Gasteiger partial charge on any atom is -0.467 e. The fraction of sp³-hybridized carbons (Fsp3) is 0.435. The number of nitrogens with two attached hydrogens (primary N) is 1. The van der Waals surface area contributed by atoms with Gasteiger partial charge in [0.1, 0.15) is 11.6 Å². The van der Waals surface area contributed by atoms with Crippen LogP contribution in [0.5, 0.6) is 0 Å². The zero-order valence-electron chi connectivity index (χ0n) is 18.3. The Morgan fingerprint density at radius 3 is 2.94 bits per heavy atom. The number of nitrogens with zero attached hydrogens (tertiary/aromatic N) is 2. The second-order valence-electron chi connectivity index (χ2n) is 8.38. The zero-order chi connectivity index (χ0) is 22.8. The molecule has 8 nitrogen and oxygen atoms in total. The lowest BCUT2D eigenvalue weighted by molar-refractivity contribution is 0.0986. The van der Waals surface area contributed by atoms with Gasteiger partial charge in [0.15, 0.2) is 5.69 Å². The minimum atomic E-state index is -0.685. The number of aromatic nitrogens is 2. The Labute approximate surface area is 189 Å². The Hall–Kier alpha value is -3.07. The molecular formula is C23H28N4O4S. The summed E-state index contributed by atoms with van der Waals surface area (Å²) in [5, 5.41) is 0. The summed E-state index contributed by atoms with van der Waals surface area (Å²) in [5.41, 5.74) is 6.22. The number of H-pyrrole nitrogens is 1. The van der Waals surface area contributed by atoms with Gasteiger partial charge in [-0.2, -0.15) is 0 Å². The molecule has 0 aliphatic heterocycles. The van der Waals surface area contributed by atoms with Crippen LogP contribution in [0.3, 0.4) is 0 Å². The molecule has 3 aromatic rings. The lowest BCUT2D eigenvalue weighted by Gasteiger charge is -2.23. The SMILES string of the molecule is CCCCn1c(N)c(N(Cc2ccco2)C(=O)c2cc3c(s2)CCC(C)C3)c(=O)[nH]c1=O. The Bertz CT molecular complexity index is 1220. The van der Waals surface area contributed by atoms with E-state index in [1.807, 2.05) is 13.0 Å². The van der Waals surface area contributed by atoms with Crippen molar-refractivity contribution >= 4 is 28.7 Å². The van der Waals surface area contributed by atoms with Gasteiger partial charge in [-0.3, -0.25) is 24.0 Å². The van der Waals surface area contributed by atoms with E-state index in [4.69, 9.17) is 10.2 Å². The minimum absolute atomic E-state index is 0.0120. The van der Waals surface area contributed by atoms with Crippen LogP contribution >= 0.6 is 11.3 Å². The van der Waals surface area contributed by atoms with Gasteiger partial charge in [0.05, 0.1) is 17.7 Å². The van der Waals surface area contributed by atoms with Crippen molar-refractivity contribution in [1.82, 2.24) is 9.55 Å². The molecule has 0 aromatic carbocycles. The molecule has 0 bridgehead atoms. The molecule has 3 aromatic heterocycles. The van der Waals surface area contributed by atoms with E-state index >= 15 is 0 Å². The average molecular weight is 457 g/mol. The second-order valence-corrected chi connectivity index (χ2v) is 9.51. The smallest absolute Gasteiger partial charge is 0.330 e. The number of furan rings is 1. The summed E-state index contributed by atoms with van der Waals surface area (Å²) in [7, 11) is 0. The number of aromatic amines is 1. The van der Waals surface area contributed by atoms with Crippen molar-refractivity contribution in [3.05, 3.63) is 66.4 Å². The molecule has 9 heteroatoms. The van der Waals surface area contributed by atoms with E-state index < -0.39 is 11.2 Å². The van der Waals surface area contributed by atoms with Crippen LogP contribution in [-0.4, -0.2) is 15.5 Å². The van der Waals surface area contributed by atoms with Crippen LogP contribution < -0.4 is 21.9 Å². The molecule has 3 heterocycles. The van der Waals surface area contributed by atoms with Gasteiger partial charge in [-0.1, -0.05) is 20.3 Å². The summed E-state index contributed by atoms with van der Waals surface area (Å²) in [6.45, 7) is 4.61. The number of hydrogen-bond acceptors (Lipinski definition) is 6. The summed E-state index contributed by atoms with van der Waals surface area (Å²) >= 11 is 1.47. The summed E-state index contributed by atoms with van der Waals surface area (Å²) in [5.74, 6) is 0.756. The number of carbonyl (C=O) groups excluding carboxylic acids is 1. The molecule has 3 N–H and O–H groups in total. The summed E-state index contributed by atoms with van der Waals surface area (Å²) in [4.78, 5) is 44.3. The highest BCUT2D eigenvalue weighted by Gasteiger charge is 2.29. The van der Waals surface area contributed by atoms with Crippen molar-refractivity contribution in [1.29, 1.82) is 0 Å². The predicted molar refractivity (Wildman–Crippen MR) is 125 cm³/mol. The van der Waals surface area contributed by atoms with Gasteiger partial charge in [0.2, 0.25) is 0 Å². The van der Waals surface area contributed by atoms with Gasteiger partial charge in [-0.15, -0.1) is 11.3 Å². The zero-order valence-corrected chi connectivity index (χ0v) is 19.2. The van der Waals surface area contributed by atoms with Crippen molar-refractivity contribution in [2.75, 3.05) is 10.6 Å². The molecule has 32 heavy (non-hydrogen) atoms. The van der Waals surface area contributed by atoms with Crippen LogP contribution in [0.15, 0.2) is 38.5 Å². The first kappa shape index (κ1) is 22.1. The molecule has 0 spiro atoms. The van der Waals surface area contributed by atoms with Crippen molar-refractivity contribution in [2.24, 2.45) is 5.92 Å². The number of carbonyl (C=O) groups is 1. The number of unbranched alkanes of at least 4 members (excludes halogenated alkanes) is 1. The molecule has 1 unspecified atom stereocenters. The van der Waals surface area contributed by atoms with Crippen LogP contribution in [0.1, 0.15) is 59.0 Å². The van der Waals surface area contributed by atoms with Gasteiger partial charge in [-0.05, 0) is 55.4 Å². The van der Waals surface area contributed by atoms with E-state index in [-0.39, 0.29) is 24.0 Å². The van der Waals surface area contributed by atoms with Gasteiger partial charge in [0, 0.05) is 11.4 Å². The molecule has 0 saturated carbocycles. The third kappa shape index (κ3) is 4.29. The number of rotatable bonds is 7. The Kier molecular flexibility index (Phi) is 6.36. The van der Waals surface area contributed by atoms with E-state index in [1.54, 1.807) is 12.1 Å². The third-order valence-corrected chi connectivity index (χ3v) is 7.12. The fourth-order valence-electron chi connectivity index (χ4n) is 4.13. The summed E-state index contributed by atoms with van der Waals surface area (Å²) in [6.07, 6.45) is 6.09. The van der Waals surface area contributed by atoms with E-state index in [0.717, 1.165) is 32.1 Å². The molecule has 0 saturated heterocycles. The van der Waals surface area contributed by atoms with Gasteiger partial charge >= 0.3 is 5.69 Å². The lowest BCUT2D eigenvalue weighted by atomic mass is 9.90. The number of nitrogen functional groups attached to an aromatic ring is 1. The number of fused-ring (bicyclic) bond motifs is 1. The van der Waals surface area contributed by atoms with Crippen molar-refractivity contribution in [3.8, 4) is 0 Å². The maximum Gasteiger partial charge on any atom is 0.330 e. The molecular weight excluding hydrogens is 428 g/mol. The lowest BCUT2D eigenvalue weighted by Crippen LogP contribution is -2.40.